The van der Waals surface area contributed by atoms with Crippen molar-refractivity contribution < 1.29 is 10.2 Å². The quantitative estimate of drug-likeness (QED) is 0.699. The number of benzene rings is 2. The molecule has 0 heterocycles. The summed E-state index contributed by atoms with van der Waals surface area (Å²) < 4.78 is 0. The van der Waals surface area contributed by atoms with Gasteiger partial charge in [-0.15, -0.1) is 0 Å². The van der Waals surface area contributed by atoms with Gasteiger partial charge in [-0.05, 0) is 104 Å². The van der Waals surface area contributed by atoms with Gasteiger partial charge >= 0.3 is 0 Å². The summed E-state index contributed by atoms with van der Waals surface area (Å²) >= 11 is 0. The van der Waals surface area contributed by atoms with E-state index in [2.05, 4.69) is 31.2 Å². The number of hydrogen-bond acceptors (Lipinski definition) is 2. The summed E-state index contributed by atoms with van der Waals surface area (Å²) in [6.45, 7) is 2.37. The molecule has 27 heavy (non-hydrogen) atoms. The fourth-order valence-electron chi connectivity index (χ4n) is 7.29. The van der Waals surface area contributed by atoms with E-state index in [4.69, 9.17) is 0 Å². The first-order chi connectivity index (χ1) is 12.9. The molecular formula is C25H30O2. The van der Waals surface area contributed by atoms with Gasteiger partial charge in [0.15, 0.2) is 0 Å². The Hall–Kier alpha value is -1.96. The van der Waals surface area contributed by atoms with Crippen molar-refractivity contribution >= 4 is 0 Å². The molecule has 0 unspecified atom stereocenters. The van der Waals surface area contributed by atoms with Gasteiger partial charge in [0.05, 0.1) is 0 Å². The van der Waals surface area contributed by atoms with Gasteiger partial charge < -0.3 is 10.2 Å². The monoisotopic (exact) mass is 362 g/mol. The van der Waals surface area contributed by atoms with E-state index >= 15 is 0 Å². The van der Waals surface area contributed by atoms with Crippen molar-refractivity contribution in [3.05, 3.63) is 59.7 Å². The highest BCUT2D eigenvalue weighted by molar-refractivity contribution is 5.42. The lowest BCUT2D eigenvalue weighted by atomic mass is 9.46. The van der Waals surface area contributed by atoms with Gasteiger partial charge in [-0.1, -0.05) is 31.2 Å². The van der Waals surface area contributed by atoms with Gasteiger partial charge in [0.1, 0.15) is 11.5 Å². The zero-order valence-corrected chi connectivity index (χ0v) is 16.2. The van der Waals surface area contributed by atoms with E-state index in [9.17, 15) is 10.2 Å². The Morgan fingerprint density at radius 1 is 0.741 bits per heavy atom. The Morgan fingerprint density at radius 2 is 1.11 bits per heavy atom. The Balaban J connectivity index is 1.56. The Bertz CT molecular complexity index is 738. The first-order valence-electron chi connectivity index (χ1n) is 10.5. The van der Waals surface area contributed by atoms with E-state index in [0.29, 0.717) is 16.9 Å². The predicted molar refractivity (Wildman–Crippen MR) is 108 cm³/mol. The third-order valence-corrected chi connectivity index (χ3v) is 7.90. The van der Waals surface area contributed by atoms with E-state index in [1.165, 1.54) is 56.1 Å². The van der Waals surface area contributed by atoms with Crippen LogP contribution in [0.4, 0.5) is 0 Å². The van der Waals surface area contributed by atoms with Gasteiger partial charge in [0, 0.05) is 5.41 Å². The summed E-state index contributed by atoms with van der Waals surface area (Å²) in [5.41, 5.74) is 2.88. The predicted octanol–water partition coefficient (Wildman–Crippen LogP) is 6.01. The molecule has 4 bridgehead atoms. The molecule has 6 rings (SSSR count). The molecule has 142 valence electrons. The minimum Gasteiger partial charge on any atom is -0.508 e. The van der Waals surface area contributed by atoms with E-state index in [1.54, 1.807) is 0 Å². The molecule has 0 saturated heterocycles. The first-order valence-corrected chi connectivity index (χ1v) is 10.5. The highest BCUT2D eigenvalue weighted by Crippen LogP contribution is 2.63. The standard InChI is InChI=1S/C25H30O2/c1-24(20-2-6-22(26)7-3-20,21-4-8-23(27)9-5-21)16-25-13-17-10-18(14-25)12-19(11-17)15-25/h2-9,17-19,26-27H,10-16H2,1H3. The molecule has 4 fully saturated rings. The normalized spacial score (nSPS) is 32.0. The van der Waals surface area contributed by atoms with Crippen molar-refractivity contribution in [3.8, 4) is 11.5 Å². The average molecular weight is 363 g/mol. The number of rotatable bonds is 4. The molecule has 0 aromatic heterocycles. The number of aromatic hydroxyl groups is 2. The second-order valence-corrected chi connectivity index (χ2v) is 10.0. The molecule has 4 saturated carbocycles. The summed E-state index contributed by atoms with van der Waals surface area (Å²) in [7, 11) is 0. The maximum Gasteiger partial charge on any atom is 0.115 e. The van der Waals surface area contributed by atoms with E-state index in [0.717, 1.165) is 17.8 Å². The third kappa shape index (κ3) is 2.94. The van der Waals surface area contributed by atoms with E-state index < -0.39 is 0 Å². The van der Waals surface area contributed by atoms with Crippen molar-refractivity contribution in [1.82, 2.24) is 0 Å². The van der Waals surface area contributed by atoms with Crippen LogP contribution < -0.4 is 0 Å². The van der Waals surface area contributed by atoms with Crippen LogP contribution in [0.1, 0.15) is 63.0 Å². The lowest BCUT2D eigenvalue weighted by Crippen LogP contribution is -2.48. The van der Waals surface area contributed by atoms with E-state index in [1.807, 2.05) is 24.3 Å². The topological polar surface area (TPSA) is 40.5 Å². The third-order valence-electron chi connectivity index (χ3n) is 7.90. The SMILES string of the molecule is CC(CC12CC3CC(CC(C3)C1)C2)(c1ccc(O)cc1)c1ccc(O)cc1. The maximum absolute atomic E-state index is 9.80. The lowest BCUT2D eigenvalue weighted by molar-refractivity contribution is -0.0650. The Kier molecular flexibility index (Phi) is 3.83. The molecule has 4 aliphatic carbocycles. The molecule has 0 amide bonds. The molecule has 4 aliphatic rings. The summed E-state index contributed by atoms with van der Waals surface area (Å²) in [5, 5.41) is 19.6. The number of phenols is 2. The molecule has 2 nitrogen and oxygen atoms in total. The molecule has 2 heteroatoms. The van der Waals surface area contributed by atoms with Crippen LogP contribution in [0.25, 0.3) is 0 Å². The van der Waals surface area contributed by atoms with Crippen molar-refractivity contribution in [1.29, 1.82) is 0 Å². The molecule has 0 radical (unpaired) electrons. The van der Waals surface area contributed by atoms with Gasteiger partial charge in [-0.3, -0.25) is 0 Å². The van der Waals surface area contributed by atoms with Crippen molar-refractivity contribution in [3.63, 3.8) is 0 Å². The van der Waals surface area contributed by atoms with Gasteiger partial charge in [-0.25, -0.2) is 0 Å². The average Bonchev–Trinajstić information content (AvgIpc) is 2.61. The smallest absolute Gasteiger partial charge is 0.115 e. The van der Waals surface area contributed by atoms with Crippen molar-refractivity contribution in [2.75, 3.05) is 0 Å². The fraction of sp³-hybridized carbons (Fsp3) is 0.520. The Labute approximate surface area is 162 Å². The molecule has 0 atom stereocenters. The zero-order chi connectivity index (χ0) is 18.6. The van der Waals surface area contributed by atoms with Crippen LogP contribution in [0.3, 0.4) is 0 Å². The molecule has 2 aromatic carbocycles. The number of hydrogen-bond donors (Lipinski definition) is 2. The maximum atomic E-state index is 9.80. The molecule has 2 N–H and O–H groups in total. The highest BCUT2D eigenvalue weighted by atomic mass is 16.3. The van der Waals surface area contributed by atoms with Crippen LogP contribution >= 0.6 is 0 Å². The number of phenolic OH excluding ortho intramolecular Hbond substituents is 2. The summed E-state index contributed by atoms with van der Waals surface area (Å²) in [4.78, 5) is 0. The molecular weight excluding hydrogens is 332 g/mol. The van der Waals surface area contributed by atoms with Crippen molar-refractivity contribution in [2.45, 2.75) is 57.3 Å². The van der Waals surface area contributed by atoms with Crippen LogP contribution in [0.2, 0.25) is 0 Å². The summed E-state index contributed by atoms with van der Waals surface area (Å²) in [5.74, 6) is 3.48. The highest BCUT2D eigenvalue weighted by Gasteiger charge is 2.53. The Morgan fingerprint density at radius 3 is 1.48 bits per heavy atom. The zero-order valence-electron chi connectivity index (χ0n) is 16.2. The second-order valence-electron chi connectivity index (χ2n) is 10.0. The van der Waals surface area contributed by atoms with Crippen LogP contribution in [0, 0.1) is 23.2 Å². The first kappa shape index (κ1) is 17.2. The van der Waals surface area contributed by atoms with Gasteiger partial charge in [0.2, 0.25) is 0 Å². The molecule has 0 spiro atoms. The van der Waals surface area contributed by atoms with Crippen LogP contribution in [-0.2, 0) is 5.41 Å². The minimum atomic E-state index is -0.104. The van der Waals surface area contributed by atoms with E-state index in [-0.39, 0.29) is 5.41 Å². The van der Waals surface area contributed by atoms with Gasteiger partial charge in [-0.2, -0.15) is 0 Å². The summed E-state index contributed by atoms with van der Waals surface area (Å²) in [6.07, 6.45) is 9.75. The molecule has 0 aliphatic heterocycles. The van der Waals surface area contributed by atoms with Crippen molar-refractivity contribution in [2.24, 2.45) is 23.2 Å². The fourth-order valence-corrected chi connectivity index (χ4v) is 7.29. The van der Waals surface area contributed by atoms with Crippen LogP contribution in [-0.4, -0.2) is 10.2 Å². The lowest BCUT2D eigenvalue weighted by Gasteiger charge is -2.59. The second kappa shape index (κ2) is 6.02. The largest absolute Gasteiger partial charge is 0.508 e. The van der Waals surface area contributed by atoms with Gasteiger partial charge in [0.25, 0.3) is 0 Å². The molecule has 2 aromatic rings. The minimum absolute atomic E-state index is 0.104. The van der Waals surface area contributed by atoms with Crippen LogP contribution in [0.5, 0.6) is 11.5 Å². The van der Waals surface area contributed by atoms with Crippen LogP contribution in [0.15, 0.2) is 48.5 Å². The summed E-state index contributed by atoms with van der Waals surface area (Å²) in [6, 6.07) is 15.6.